The lowest BCUT2D eigenvalue weighted by Gasteiger charge is -2.36. The van der Waals surface area contributed by atoms with Gasteiger partial charge in [0.1, 0.15) is 4.47 Å². The summed E-state index contributed by atoms with van der Waals surface area (Å²) < 4.78 is 1.76. The predicted octanol–water partition coefficient (Wildman–Crippen LogP) is 2.14. The Morgan fingerprint density at radius 2 is 1.96 bits per heavy atom. The van der Waals surface area contributed by atoms with E-state index in [-0.39, 0.29) is 17.5 Å². The van der Waals surface area contributed by atoms with Crippen LogP contribution in [0.15, 0.2) is 39.7 Å². The molecule has 0 radical (unpaired) electrons. The Balaban J connectivity index is 1.77. The molecule has 2 N–H and O–H groups in total. The molecule has 2 aromatic rings. The minimum atomic E-state index is -0.917. The predicted molar refractivity (Wildman–Crippen MR) is 103 cm³/mol. The van der Waals surface area contributed by atoms with Crippen LogP contribution in [-0.2, 0) is 7.05 Å². The van der Waals surface area contributed by atoms with E-state index in [1.54, 1.807) is 25.4 Å². The number of halogens is 1. The highest BCUT2D eigenvalue weighted by Crippen LogP contribution is 2.29. The van der Waals surface area contributed by atoms with Gasteiger partial charge in [-0.05, 0) is 53.0 Å². The molecule has 8 heteroatoms. The average molecular weight is 421 g/mol. The number of carbonyl (C=O) groups is 1. The highest BCUT2D eigenvalue weighted by molar-refractivity contribution is 9.10. The second-order valence-electron chi connectivity index (χ2n) is 6.72. The number of aromatic carboxylic acids is 1. The van der Waals surface area contributed by atoms with Crippen molar-refractivity contribution >= 4 is 27.6 Å². The van der Waals surface area contributed by atoms with Crippen molar-refractivity contribution in [2.45, 2.75) is 18.4 Å². The number of likely N-dealkylation sites (N-methyl/N-ethyl adjacent to an activating group) is 1. The van der Waals surface area contributed by atoms with Gasteiger partial charge in [0.05, 0.1) is 17.4 Å². The van der Waals surface area contributed by atoms with Crippen LogP contribution in [-0.4, -0.2) is 51.9 Å². The van der Waals surface area contributed by atoms with Crippen LogP contribution in [0, 0.1) is 0 Å². The number of hydrogen-bond acceptors (Lipinski definition) is 5. The third-order valence-corrected chi connectivity index (χ3v) is 5.47. The van der Waals surface area contributed by atoms with E-state index in [1.807, 2.05) is 12.1 Å². The molecular formula is C18H21BrN4O3. The van der Waals surface area contributed by atoms with Crippen molar-refractivity contribution in [1.29, 1.82) is 0 Å². The first kappa shape index (κ1) is 18.6. The summed E-state index contributed by atoms with van der Waals surface area (Å²) in [6.45, 7) is 1.76. The van der Waals surface area contributed by atoms with E-state index in [1.165, 1.54) is 4.68 Å². The van der Waals surface area contributed by atoms with E-state index >= 15 is 0 Å². The fourth-order valence-corrected chi connectivity index (χ4v) is 3.87. The lowest BCUT2D eigenvalue weighted by molar-refractivity contribution is 0.0697. The number of piperidine rings is 1. The van der Waals surface area contributed by atoms with Crippen molar-refractivity contribution in [3.63, 3.8) is 0 Å². The molecule has 0 unspecified atom stereocenters. The normalized spacial score (nSPS) is 20.7. The lowest BCUT2D eigenvalue weighted by Crippen LogP contribution is -2.43. The first-order valence-corrected chi connectivity index (χ1v) is 9.14. The van der Waals surface area contributed by atoms with Crippen LogP contribution < -0.4 is 10.9 Å². The number of nitrogens with one attached hydrogen (secondary N) is 1. The minimum absolute atomic E-state index is 0.156. The monoisotopic (exact) mass is 420 g/mol. The number of nitrogens with zero attached hydrogens (tertiary/aromatic N) is 3. The zero-order valence-corrected chi connectivity index (χ0v) is 16.2. The summed E-state index contributed by atoms with van der Waals surface area (Å²) >= 11 is 3.35. The van der Waals surface area contributed by atoms with Gasteiger partial charge in [0.25, 0.3) is 5.56 Å². The summed E-state index contributed by atoms with van der Waals surface area (Å²) in [4.78, 5) is 25.3. The van der Waals surface area contributed by atoms with Crippen LogP contribution >= 0.6 is 15.9 Å². The molecule has 0 bridgehead atoms. The molecule has 7 nitrogen and oxygen atoms in total. The second kappa shape index (κ2) is 7.59. The maximum atomic E-state index is 12.0. The van der Waals surface area contributed by atoms with Crippen LogP contribution in [0.25, 0.3) is 0 Å². The molecule has 1 aliphatic heterocycles. The number of anilines is 1. The Kier molecular flexibility index (Phi) is 5.43. The van der Waals surface area contributed by atoms with Gasteiger partial charge < -0.3 is 15.3 Å². The standard InChI is InChI=1S/C18H21BrN4O3/c1-22-9-13(11-3-5-12(6-4-11)18(25)26)7-14(10-22)21-15-8-20-23(2)17(24)16(15)19/h3-6,8,13-14,21H,7,9-10H2,1-2H3,(H,25,26)/t13-,14+/m0/s1. The molecule has 0 amide bonds. The van der Waals surface area contributed by atoms with Crippen LogP contribution in [0.4, 0.5) is 5.69 Å². The molecule has 3 rings (SSSR count). The highest BCUT2D eigenvalue weighted by Gasteiger charge is 2.27. The average Bonchev–Trinajstić information content (AvgIpc) is 2.62. The smallest absolute Gasteiger partial charge is 0.335 e. The van der Waals surface area contributed by atoms with Crippen molar-refractivity contribution in [3.8, 4) is 0 Å². The molecule has 1 fully saturated rings. The summed E-state index contributed by atoms with van der Waals surface area (Å²) in [6, 6.07) is 7.23. The molecule has 1 saturated heterocycles. The first-order chi connectivity index (χ1) is 12.3. The number of likely N-dealkylation sites (tertiary alicyclic amines) is 1. The number of hydrogen-bond donors (Lipinski definition) is 2. The molecule has 1 aliphatic rings. The molecule has 1 aromatic carbocycles. The van der Waals surface area contributed by atoms with E-state index in [4.69, 9.17) is 5.11 Å². The Morgan fingerprint density at radius 3 is 2.62 bits per heavy atom. The fraction of sp³-hybridized carbons (Fsp3) is 0.389. The Morgan fingerprint density at radius 1 is 1.27 bits per heavy atom. The second-order valence-corrected chi connectivity index (χ2v) is 7.52. The SMILES string of the molecule is CN1C[C@H](Nc2cnn(C)c(=O)c2Br)C[C@H](c2ccc(C(=O)O)cc2)C1. The zero-order chi connectivity index (χ0) is 18.8. The summed E-state index contributed by atoms with van der Waals surface area (Å²) in [6.07, 6.45) is 2.54. The molecule has 0 saturated carbocycles. The third kappa shape index (κ3) is 3.96. The van der Waals surface area contributed by atoms with Crippen molar-refractivity contribution in [1.82, 2.24) is 14.7 Å². The largest absolute Gasteiger partial charge is 0.478 e. The number of carboxylic acid groups (broad SMARTS) is 1. The molecule has 138 valence electrons. The maximum absolute atomic E-state index is 12.0. The van der Waals surface area contributed by atoms with E-state index < -0.39 is 5.97 Å². The number of aromatic nitrogens is 2. The number of benzene rings is 1. The van der Waals surface area contributed by atoms with Gasteiger partial charge in [-0.3, -0.25) is 4.79 Å². The number of aryl methyl sites for hydroxylation is 1. The van der Waals surface area contributed by atoms with Gasteiger partial charge >= 0.3 is 5.97 Å². The van der Waals surface area contributed by atoms with Crippen molar-refractivity contribution < 1.29 is 9.90 Å². The van der Waals surface area contributed by atoms with E-state index in [0.29, 0.717) is 15.7 Å². The van der Waals surface area contributed by atoms with Gasteiger partial charge in [-0.1, -0.05) is 12.1 Å². The van der Waals surface area contributed by atoms with Crippen molar-refractivity contribution in [2.75, 3.05) is 25.5 Å². The van der Waals surface area contributed by atoms with E-state index in [9.17, 15) is 9.59 Å². The quantitative estimate of drug-likeness (QED) is 0.787. The summed E-state index contributed by atoms with van der Waals surface area (Å²) in [5.74, 6) is -0.632. The van der Waals surface area contributed by atoms with Crippen LogP contribution in [0.3, 0.4) is 0 Å². The Hall–Kier alpha value is -2.19. The molecule has 0 spiro atoms. The van der Waals surface area contributed by atoms with Crippen LogP contribution in [0.1, 0.15) is 28.3 Å². The van der Waals surface area contributed by atoms with Gasteiger partial charge in [0.15, 0.2) is 0 Å². The summed E-state index contributed by atoms with van der Waals surface area (Å²) in [5.41, 5.74) is 1.92. The fourth-order valence-electron chi connectivity index (χ4n) is 3.39. The highest BCUT2D eigenvalue weighted by atomic mass is 79.9. The van der Waals surface area contributed by atoms with Gasteiger partial charge in [-0.25, -0.2) is 9.48 Å². The zero-order valence-electron chi connectivity index (χ0n) is 14.6. The number of carboxylic acids is 1. The van der Waals surface area contributed by atoms with Crippen LogP contribution in [0.5, 0.6) is 0 Å². The molecule has 2 heterocycles. The van der Waals surface area contributed by atoms with Gasteiger partial charge in [0.2, 0.25) is 0 Å². The van der Waals surface area contributed by atoms with Crippen molar-refractivity contribution in [2.24, 2.45) is 7.05 Å². The lowest BCUT2D eigenvalue weighted by atomic mass is 9.88. The van der Waals surface area contributed by atoms with Crippen molar-refractivity contribution in [3.05, 3.63) is 56.4 Å². The molecule has 2 atom stereocenters. The van der Waals surface area contributed by atoms with Gasteiger partial charge in [-0.15, -0.1) is 0 Å². The molecular weight excluding hydrogens is 400 g/mol. The summed E-state index contributed by atoms with van der Waals surface area (Å²) in [7, 11) is 3.67. The maximum Gasteiger partial charge on any atom is 0.335 e. The number of rotatable bonds is 4. The minimum Gasteiger partial charge on any atom is -0.478 e. The van der Waals surface area contributed by atoms with Gasteiger partial charge in [0, 0.05) is 26.2 Å². The summed E-state index contributed by atoms with van der Waals surface area (Å²) in [5, 5.41) is 16.5. The Bertz CT molecular complexity index is 866. The van der Waals surface area contributed by atoms with E-state index in [2.05, 4.69) is 38.3 Å². The Labute approximate surface area is 159 Å². The van der Waals surface area contributed by atoms with Crippen LogP contribution in [0.2, 0.25) is 0 Å². The molecule has 26 heavy (non-hydrogen) atoms. The molecule has 1 aromatic heterocycles. The van der Waals surface area contributed by atoms with Gasteiger partial charge in [-0.2, -0.15) is 5.10 Å². The molecule has 0 aliphatic carbocycles. The topological polar surface area (TPSA) is 87.5 Å². The van der Waals surface area contributed by atoms with E-state index in [0.717, 1.165) is 25.1 Å². The third-order valence-electron chi connectivity index (χ3n) is 4.70. The first-order valence-electron chi connectivity index (χ1n) is 8.35.